The molecule has 0 spiro atoms. The number of amides is 1. The minimum absolute atomic E-state index is 0.159. The van der Waals surface area contributed by atoms with Crippen molar-refractivity contribution in [3.8, 4) is 0 Å². The normalized spacial score (nSPS) is 12.9. The number of halogens is 3. The molecule has 2 nitrogen and oxygen atoms in total. The van der Waals surface area contributed by atoms with Crippen molar-refractivity contribution < 1.29 is 13.6 Å². The third kappa shape index (κ3) is 6.07. The molecule has 15 heavy (non-hydrogen) atoms. The summed E-state index contributed by atoms with van der Waals surface area (Å²) in [4.78, 5) is 13.0. The number of rotatable bonds is 7. The highest BCUT2D eigenvalue weighted by Gasteiger charge is 2.21. The molecule has 0 saturated carbocycles. The largest absolute Gasteiger partial charge is 0.336 e. The lowest BCUT2D eigenvalue weighted by atomic mass is 10.0. The molecule has 0 aromatic carbocycles. The lowest BCUT2D eigenvalue weighted by Gasteiger charge is -2.24. The lowest BCUT2D eigenvalue weighted by molar-refractivity contribution is -0.136. The van der Waals surface area contributed by atoms with Gasteiger partial charge < -0.3 is 4.90 Å². The number of carbonyl (C=O) groups excluding carboxylic acids is 1. The summed E-state index contributed by atoms with van der Waals surface area (Å²) in [5, 5.41) is 0.532. The number of alkyl halides is 3. The zero-order valence-corrected chi connectivity index (χ0v) is 10.8. The molecule has 0 radical (unpaired) electrons. The quantitative estimate of drug-likeness (QED) is 0.659. The van der Waals surface area contributed by atoms with Gasteiger partial charge >= 0.3 is 0 Å². The Morgan fingerprint density at radius 3 is 2.47 bits per heavy atom. The van der Waals surface area contributed by atoms with Crippen LogP contribution in [0, 0.1) is 5.92 Å². The number of hydrogen-bond donors (Lipinski definition) is 0. The summed E-state index contributed by atoms with van der Waals surface area (Å²) < 4.78 is 24.4. The SMILES string of the molecule is CCCC(C)C(=O)N(CCBr)CC(F)F. The van der Waals surface area contributed by atoms with Crippen LogP contribution in [0.1, 0.15) is 26.7 Å². The third-order valence-electron chi connectivity index (χ3n) is 2.17. The molecule has 0 N–H and O–H groups in total. The highest BCUT2D eigenvalue weighted by Crippen LogP contribution is 2.11. The Labute approximate surface area is 98.1 Å². The Hall–Kier alpha value is -0.190. The Balaban J connectivity index is 4.26. The smallest absolute Gasteiger partial charge is 0.255 e. The van der Waals surface area contributed by atoms with E-state index in [1.807, 2.05) is 6.92 Å². The second-order valence-corrected chi connectivity index (χ2v) is 4.35. The summed E-state index contributed by atoms with van der Waals surface area (Å²) in [7, 11) is 0. The van der Waals surface area contributed by atoms with Gasteiger partial charge in [-0.05, 0) is 6.42 Å². The molecule has 5 heteroatoms. The minimum Gasteiger partial charge on any atom is -0.336 e. The first-order chi connectivity index (χ1) is 7.02. The second-order valence-electron chi connectivity index (χ2n) is 3.55. The van der Waals surface area contributed by atoms with Gasteiger partial charge in [0, 0.05) is 17.8 Å². The Kier molecular flexibility index (Phi) is 7.92. The van der Waals surface area contributed by atoms with E-state index in [1.54, 1.807) is 6.92 Å². The van der Waals surface area contributed by atoms with Gasteiger partial charge in [0.25, 0.3) is 6.43 Å². The van der Waals surface area contributed by atoms with Gasteiger partial charge in [0.1, 0.15) is 0 Å². The van der Waals surface area contributed by atoms with E-state index in [-0.39, 0.29) is 11.8 Å². The zero-order valence-electron chi connectivity index (χ0n) is 9.18. The van der Waals surface area contributed by atoms with Crippen LogP contribution < -0.4 is 0 Å². The summed E-state index contributed by atoms with van der Waals surface area (Å²) in [6.45, 7) is 3.65. The van der Waals surface area contributed by atoms with Gasteiger partial charge in [-0.1, -0.05) is 36.2 Å². The van der Waals surface area contributed by atoms with Crippen molar-refractivity contribution in [3.05, 3.63) is 0 Å². The standard InChI is InChI=1S/C10H18BrF2NO/c1-3-4-8(2)10(15)14(6-5-11)7-9(12)13/h8-9H,3-7H2,1-2H3. The monoisotopic (exact) mass is 285 g/mol. The van der Waals surface area contributed by atoms with Crippen LogP contribution >= 0.6 is 15.9 Å². The molecule has 1 amide bonds. The third-order valence-corrected chi connectivity index (χ3v) is 2.52. The fourth-order valence-electron chi connectivity index (χ4n) is 1.43. The van der Waals surface area contributed by atoms with E-state index in [0.29, 0.717) is 11.9 Å². The molecule has 0 aliphatic heterocycles. The van der Waals surface area contributed by atoms with Crippen LogP contribution in [0.2, 0.25) is 0 Å². The second kappa shape index (κ2) is 8.02. The number of nitrogens with zero attached hydrogens (tertiary/aromatic N) is 1. The first kappa shape index (κ1) is 14.8. The predicted octanol–water partition coefficient (Wildman–Crippen LogP) is 2.91. The van der Waals surface area contributed by atoms with E-state index in [2.05, 4.69) is 15.9 Å². The molecule has 0 aliphatic rings. The van der Waals surface area contributed by atoms with E-state index in [9.17, 15) is 13.6 Å². The van der Waals surface area contributed by atoms with Crippen molar-refractivity contribution in [1.82, 2.24) is 4.90 Å². The van der Waals surface area contributed by atoms with E-state index >= 15 is 0 Å². The average molecular weight is 286 g/mol. The molecule has 1 unspecified atom stereocenters. The topological polar surface area (TPSA) is 20.3 Å². The predicted molar refractivity (Wildman–Crippen MR) is 60.5 cm³/mol. The molecule has 90 valence electrons. The number of hydrogen-bond acceptors (Lipinski definition) is 1. The molecule has 0 saturated heterocycles. The summed E-state index contributed by atoms with van der Waals surface area (Å²) in [5.41, 5.74) is 0. The fraction of sp³-hybridized carbons (Fsp3) is 0.900. The van der Waals surface area contributed by atoms with Gasteiger partial charge in [-0.15, -0.1) is 0 Å². The lowest BCUT2D eigenvalue weighted by Crippen LogP contribution is -2.39. The average Bonchev–Trinajstić information content (AvgIpc) is 2.16. The maximum atomic E-state index is 12.2. The van der Waals surface area contributed by atoms with E-state index in [4.69, 9.17) is 0 Å². The van der Waals surface area contributed by atoms with E-state index < -0.39 is 13.0 Å². The van der Waals surface area contributed by atoms with Crippen molar-refractivity contribution in [3.63, 3.8) is 0 Å². The van der Waals surface area contributed by atoms with Crippen molar-refractivity contribution >= 4 is 21.8 Å². The van der Waals surface area contributed by atoms with Gasteiger partial charge in [-0.3, -0.25) is 4.79 Å². The molecule has 0 aromatic heterocycles. The molecule has 1 atom stereocenters. The van der Waals surface area contributed by atoms with Crippen LogP contribution in [0.15, 0.2) is 0 Å². The first-order valence-corrected chi connectivity index (χ1v) is 6.27. The summed E-state index contributed by atoms with van der Waals surface area (Å²) >= 11 is 3.16. The Morgan fingerprint density at radius 2 is 2.07 bits per heavy atom. The maximum absolute atomic E-state index is 12.2. The molecule has 0 aromatic rings. The molecule has 0 rings (SSSR count). The summed E-state index contributed by atoms with van der Waals surface area (Å²) in [5.74, 6) is -0.329. The van der Waals surface area contributed by atoms with E-state index in [0.717, 1.165) is 12.8 Å². The Morgan fingerprint density at radius 1 is 1.47 bits per heavy atom. The minimum atomic E-state index is -2.46. The van der Waals surface area contributed by atoms with Crippen LogP contribution in [0.5, 0.6) is 0 Å². The van der Waals surface area contributed by atoms with Crippen LogP contribution in [0.25, 0.3) is 0 Å². The Bertz CT molecular complexity index is 190. The van der Waals surface area contributed by atoms with Crippen LogP contribution in [-0.2, 0) is 4.79 Å². The summed E-state index contributed by atoms with van der Waals surface area (Å²) in [6, 6.07) is 0. The highest BCUT2D eigenvalue weighted by molar-refractivity contribution is 9.09. The molecular weight excluding hydrogens is 268 g/mol. The van der Waals surface area contributed by atoms with Crippen molar-refractivity contribution in [2.45, 2.75) is 33.1 Å². The molecule has 0 aliphatic carbocycles. The van der Waals surface area contributed by atoms with Crippen molar-refractivity contribution in [2.75, 3.05) is 18.4 Å². The van der Waals surface area contributed by atoms with E-state index in [1.165, 1.54) is 4.90 Å². The number of carbonyl (C=O) groups is 1. The van der Waals surface area contributed by atoms with Crippen LogP contribution in [-0.4, -0.2) is 35.7 Å². The fourth-order valence-corrected chi connectivity index (χ4v) is 1.86. The van der Waals surface area contributed by atoms with Gasteiger partial charge in [0.2, 0.25) is 5.91 Å². The first-order valence-electron chi connectivity index (χ1n) is 5.15. The van der Waals surface area contributed by atoms with Crippen LogP contribution in [0.3, 0.4) is 0 Å². The summed E-state index contributed by atoms with van der Waals surface area (Å²) in [6.07, 6.45) is -0.813. The van der Waals surface area contributed by atoms with Gasteiger partial charge in [-0.2, -0.15) is 0 Å². The van der Waals surface area contributed by atoms with Gasteiger partial charge in [0.15, 0.2) is 0 Å². The highest BCUT2D eigenvalue weighted by atomic mass is 79.9. The van der Waals surface area contributed by atoms with Gasteiger partial charge in [0.05, 0.1) is 6.54 Å². The molecular formula is C10H18BrF2NO. The maximum Gasteiger partial charge on any atom is 0.255 e. The van der Waals surface area contributed by atoms with Crippen LogP contribution in [0.4, 0.5) is 8.78 Å². The molecule has 0 heterocycles. The van der Waals surface area contributed by atoms with Crippen molar-refractivity contribution in [1.29, 1.82) is 0 Å². The molecule has 0 bridgehead atoms. The van der Waals surface area contributed by atoms with Crippen molar-refractivity contribution in [2.24, 2.45) is 5.92 Å². The zero-order chi connectivity index (χ0) is 11.8. The molecule has 0 fully saturated rings. The van der Waals surface area contributed by atoms with Gasteiger partial charge in [-0.25, -0.2) is 8.78 Å².